The fourth-order valence-corrected chi connectivity index (χ4v) is 4.65. The number of aromatic nitrogens is 1. The quantitative estimate of drug-likeness (QED) is 0.434. The van der Waals surface area contributed by atoms with Crippen LogP contribution in [0.15, 0.2) is 84.0 Å². The van der Waals surface area contributed by atoms with E-state index in [9.17, 15) is 13.2 Å². The smallest absolute Gasteiger partial charge is 0.328 e. The Morgan fingerprint density at radius 1 is 1.12 bits per heavy atom. The number of aryl methyl sites for hydroxylation is 1. The average Bonchev–Trinajstić information content (AvgIpc) is 2.77. The summed E-state index contributed by atoms with van der Waals surface area (Å²) in [5.41, 5.74) is 3.14. The summed E-state index contributed by atoms with van der Waals surface area (Å²) in [5, 5.41) is 9.41. The average molecular weight is 471 g/mol. The molecule has 3 rings (SSSR count). The van der Waals surface area contributed by atoms with Crippen molar-refractivity contribution >= 4 is 33.2 Å². The van der Waals surface area contributed by atoms with Crippen LogP contribution in [0.5, 0.6) is 0 Å². The van der Waals surface area contributed by atoms with Gasteiger partial charge in [0.1, 0.15) is 0 Å². The van der Waals surface area contributed by atoms with Crippen LogP contribution < -0.4 is 4.72 Å². The number of hydrogen-bond donors (Lipinski definition) is 2. The van der Waals surface area contributed by atoms with Gasteiger partial charge in [0.15, 0.2) is 0 Å². The van der Waals surface area contributed by atoms with Gasteiger partial charge in [-0.1, -0.05) is 41.9 Å². The maximum atomic E-state index is 13.0. The Kier molecular flexibility index (Phi) is 7.80. The first kappa shape index (κ1) is 23.7. The van der Waals surface area contributed by atoms with E-state index in [0.29, 0.717) is 23.4 Å². The molecule has 0 bridgehead atoms. The van der Waals surface area contributed by atoms with Crippen molar-refractivity contribution in [3.8, 4) is 0 Å². The number of benzene rings is 2. The van der Waals surface area contributed by atoms with Gasteiger partial charge in [-0.25, -0.2) is 17.9 Å². The predicted octanol–water partition coefficient (Wildman–Crippen LogP) is 4.88. The van der Waals surface area contributed by atoms with E-state index in [-0.39, 0.29) is 4.90 Å². The molecule has 0 spiro atoms. The number of pyridine rings is 1. The van der Waals surface area contributed by atoms with E-state index >= 15 is 0 Å². The van der Waals surface area contributed by atoms with E-state index in [4.69, 9.17) is 16.7 Å². The molecule has 0 aliphatic carbocycles. The molecule has 1 atom stereocenters. The molecule has 32 heavy (non-hydrogen) atoms. The van der Waals surface area contributed by atoms with E-state index < -0.39 is 22.0 Å². The molecule has 2 aromatic carbocycles. The highest BCUT2D eigenvalue weighted by Gasteiger charge is 2.21. The summed E-state index contributed by atoms with van der Waals surface area (Å²) in [6.07, 6.45) is 5.73. The molecule has 6 nitrogen and oxygen atoms in total. The van der Waals surface area contributed by atoms with E-state index in [0.717, 1.165) is 22.8 Å². The van der Waals surface area contributed by atoms with Crippen LogP contribution in [0.3, 0.4) is 0 Å². The molecular formula is C24H23ClN2O4S. The summed E-state index contributed by atoms with van der Waals surface area (Å²) in [6.45, 7) is 1.71. The largest absolute Gasteiger partial charge is 0.478 e. The van der Waals surface area contributed by atoms with Crippen molar-refractivity contribution < 1.29 is 18.3 Å². The molecular weight excluding hydrogens is 448 g/mol. The van der Waals surface area contributed by atoms with Gasteiger partial charge in [-0.15, -0.1) is 0 Å². The highest BCUT2D eigenvalue weighted by Crippen LogP contribution is 2.25. The standard InChI is InChI=1S/C24H23ClN2O4S/c1-17(15-24(28)29)19-5-7-20(8-6-19)23(13-4-18-3-2-14-26-16-18)27-32(30,31)22-11-9-21(25)10-12-22/h2-3,5-12,14-16,23,27H,4,13H2,1H3,(H,28,29). The van der Waals surface area contributed by atoms with Crippen LogP contribution in [0.4, 0.5) is 0 Å². The van der Waals surface area contributed by atoms with Gasteiger partial charge in [-0.2, -0.15) is 0 Å². The molecule has 0 aliphatic rings. The lowest BCUT2D eigenvalue weighted by Crippen LogP contribution is -2.29. The molecule has 1 unspecified atom stereocenters. The summed E-state index contributed by atoms with van der Waals surface area (Å²) in [5.74, 6) is -1.02. The van der Waals surface area contributed by atoms with Crippen molar-refractivity contribution in [2.24, 2.45) is 0 Å². The molecule has 166 valence electrons. The number of carboxylic acid groups (broad SMARTS) is 1. The van der Waals surface area contributed by atoms with Crippen LogP contribution in [0.25, 0.3) is 5.57 Å². The molecule has 0 radical (unpaired) electrons. The number of hydrogen-bond acceptors (Lipinski definition) is 4. The van der Waals surface area contributed by atoms with E-state index in [1.165, 1.54) is 24.3 Å². The van der Waals surface area contributed by atoms with Gasteiger partial charge >= 0.3 is 5.97 Å². The second-order valence-electron chi connectivity index (χ2n) is 7.32. The van der Waals surface area contributed by atoms with Crippen molar-refractivity contribution in [1.29, 1.82) is 0 Å². The Morgan fingerprint density at radius 2 is 1.81 bits per heavy atom. The number of carboxylic acids is 1. The number of allylic oxidation sites excluding steroid dienone is 1. The predicted molar refractivity (Wildman–Crippen MR) is 125 cm³/mol. The SMILES string of the molecule is CC(=CC(=O)O)c1ccc(C(CCc2cccnc2)NS(=O)(=O)c2ccc(Cl)cc2)cc1. The Labute approximate surface area is 192 Å². The maximum Gasteiger partial charge on any atom is 0.328 e. The van der Waals surface area contributed by atoms with E-state index in [1.807, 2.05) is 24.3 Å². The van der Waals surface area contributed by atoms with Crippen LogP contribution in [-0.2, 0) is 21.2 Å². The van der Waals surface area contributed by atoms with Crippen LogP contribution in [-0.4, -0.2) is 24.5 Å². The van der Waals surface area contributed by atoms with E-state index in [1.54, 1.807) is 31.5 Å². The van der Waals surface area contributed by atoms with Crippen LogP contribution in [0, 0.1) is 0 Å². The molecule has 3 aromatic rings. The van der Waals surface area contributed by atoms with Gasteiger partial charge < -0.3 is 5.11 Å². The fourth-order valence-electron chi connectivity index (χ4n) is 3.27. The molecule has 0 fully saturated rings. The lowest BCUT2D eigenvalue weighted by atomic mass is 9.98. The minimum Gasteiger partial charge on any atom is -0.478 e. The number of sulfonamides is 1. The zero-order valence-corrected chi connectivity index (χ0v) is 19.0. The van der Waals surface area contributed by atoms with Crippen molar-refractivity contribution in [3.05, 3.63) is 101 Å². The number of rotatable bonds is 9. The molecule has 0 saturated heterocycles. The second-order valence-corrected chi connectivity index (χ2v) is 9.47. The van der Waals surface area contributed by atoms with Gasteiger partial charge in [-0.05, 0) is 72.4 Å². The molecule has 1 heterocycles. The lowest BCUT2D eigenvalue weighted by Gasteiger charge is -2.20. The number of nitrogens with zero attached hydrogens (tertiary/aromatic N) is 1. The lowest BCUT2D eigenvalue weighted by molar-refractivity contribution is -0.131. The van der Waals surface area contributed by atoms with Gasteiger partial charge in [0.2, 0.25) is 10.0 Å². The molecule has 0 saturated carbocycles. The minimum absolute atomic E-state index is 0.130. The topological polar surface area (TPSA) is 96.4 Å². The van der Waals surface area contributed by atoms with Crippen LogP contribution in [0.1, 0.15) is 36.1 Å². The number of aliphatic carboxylic acids is 1. The number of carbonyl (C=O) groups is 1. The maximum absolute atomic E-state index is 13.0. The van der Waals surface area contributed by atoms with Crippen molar-refractivity contribution in [2.75, 3.05) is 0 Å². The van der Waals surface area contributed by atoms with Crippen LogP contribution in [0.2, 0.25) is 5.02 Å². The van der Waals surface area contributed by atoms with E-state index in [2.05, 4.69) is 9.71 Å². The molecule has 2 N–H and O–H groups in total. The highest BCUT2D eigenvalue weighted by molar-refractivity contribution is 7.89. The van der Waals surface area contributed by atoms with Crippen molar-refractivity contribution in [1.82, 2.24) is 9.71 Å². The first-order chi connectivity index (χ1) is 15.2. The normalized spacial score (nSPS) is 13.0. The summed E-state index contributed by atoms with van der Waals surface area (Å²) >= 11 is 5.89. The highest BCUT2D eigenvalue weighted by atomic mass is 35.5. The zero-order valence-electron chi connectivity index (χ0n) is 17.4. The number of nitrogens with one attached hydrogen (secondary N) is 1. The molecule has 8 heteroatoms. The number of halogens is 1. The van der Waals surface area contributed by atoms with Gasteiger partial charge in [0.05, 0.1) is 4.90 Å². The minimum atomic E-state index is -3.78. The third-order valence-electron chi connectivity index (χ3n) is 4.97. The molecule has 0 aliphatic heterocycles. The van der Waals surface area contributed by atoms with Crippen LogP contribution >= 0.6 is 11.6 Å². The Bertz CT molecular complexity index is 1190. The summed E-state index contributed by atoms with van der Waals surface area (Å²) in [7, 11) is -3.78. The summed E-state index contributed by atoms with van der Waals surface area (Å²) < 4.78 is 28.8. The summed E-state index contributed by atoms with van der Waals surface area (Å²) in [4.78, 5) is 15.2. The third kappa shape index (κ3) is 6.50. The molecule has 1 aromatic heterocycles. The Balaban J connectivity index is 1.88. The Morgan fingerprint density at radius 3 is 2.41 bits per heavy atom. The Hall–Kier alpha value is -3.00. The zero-order chi connectivity index (χ0) is 23.1. The molecule has 0 amide bonds. The summed E-state index contributed by atoms with van der Waals surface area (Å²) in [6, 6.07) is 16.5. The van der Waals surface area contributed by atoms with Crippen molar-refractivity contribution in [2.45, 2.75) is 30.7 Å². The third-order valence-corrected chi connectivity index (χ3v) is 6.71. The second kappa shape index (κ2) is 10.5. The van der Waals surface area contributed by atoms with Gasteiger partial charge in [-0.3, -0.25) is 4.98 Å². The first-order valence-corrected chi connectivity index (χ1v) is 11.8. The monoisotopic (exact) mass is 470 g/mol. The first-order valence-electron chi connectivity index (χ1n) is 9.93. The fraction of sp³-hybridized carbons (Fsp3) is 0.167. The van der Waals surface area contributed by atoms with Gasteiger partial charge in [0, 0.05) is 29.5 Å². The van der Waals surface area contributed by atoms with Crippen molar-refractivity contribution in [3.63, 3.8) is 0 Å². The van der Waals surface area contributed by atoms with Gasteiger partial charge in [0.25, 0.3) is 0 Å².